The SMILES string of the molecule is O=C(c1ccsc1)N1CCCn2nc(-c3ccc(Cl)cc3)cc2C1. The predicted octanol–water partition coefficient (Wildman–Crippen LogP) is 4.31. The van der Waals surface area contributed by atoms with Gasteiger partial charge in [-0.2, -0.15) is 16.4 Å². The summed E-state index contributed by atoms with van der Waals surface area (Å²) < 4.78 is 2.02. The molecular formula is C18H16ClN3OS. The minimum absolute atomic E-state index is 0.0962. The molecule has 3 aromatic rings. The molecule has 4 rings (SSSR count). The van der Waals surface area contributed by atoms with Gasteiger partial charge in [0.05, 0.1) is 23.5 Å². The molecule has 0 bridgehead atoms. The lowest BCUT2D eigenvalue weighted by atomic mass is 10.1. The number of thiophene rings is 1. The number of carbonyl (C=O) groups is 1. The quantitative estimate of drug-likeness (QED) is 0.685. The zero-order valence-electron chi connectivity index (χ0n) is 13.0. The van der Waals surface area contributed by atoms with E-state index in [1.807, 2.05) is 50.7 Å². The second kappa shape index (κ2) is 6.42. The van der Waals surface area contributed by atoms with E-state index >= 15 is 0 Å². The van der Waals surface area contributed by atoms with Gasteiger partial charge in [-0.3, -0.25) is 9.48 Å². The van der Waals surface area contributed by atoms with Crippen LogP contribution in [0.15, 0.2) is 47.2 Å². The van der Waals surface area contributed by atoms with E-state index in [1.165, 1.54) is 0 Å². The van der Waals surface area contributed by atoms with Crippen LogP contribution in [0.3, 0.4) is 0 Å². The lowest BCUT2D eigenvalue weighted by molar-refractivity contribution is 0.0746. The first-order valence-electron chi connectivity index (χ1n) is 7.85. The van der Waals surface area contributed by atoms with Crippen LogP contribution in [-0.2, 0) is 13.1 Å². The largest absolute Gasteiger partial charge is 0.333 e. The zero-order chi connectivity index (χ0) is 16.5. The van der Waals surface area contributed by atoms with Gasteiger partial charge in [0.1, 0.15) is 0 Å². The molecule has 0 radical (unpaired) electrons. The number of benzene rings is 1. The second-order valence-electron chi connectivity index (χ2n) is 5.84. The number of rotatable bonds is 2. The first-order chi connectivity index (χ1) is 11.7. The van der Waals surface area contributed by atoms with Gasteiger partial charge in [0.25, 0.3) is 5.91 Å². The Labute approximate surface area is 149 Å². The second-order valence-corrected chi connectivity index (χ2v) is 7.06. The maximum Gasteiger partial charge on any atom is 0.255 e. The van der Waals surface area contributed by atoms with Crippen molar-refractivity contribution in [2.75, 3.05) is 6.54 Å². The summed E-state index contributed by atoms with van der Waals surface area (Å²) in [7, 11) is 0. The summed E-state index contributed by atoms with van der Waals surface area (Å²) in [5.74, 6) is 0.0962. The number of aryl methyl sites for hydroxylation is 1. The van der Waals surface area contributed by atoms with Gasteiger partial charge in [-0.1, -0.05) is 23.7 Å². The Balaban J connectivity index is 1.61. The summed E-state index contributed by atoms with van der Waals surface area (Å²) in [4.78, 5) is 14.5. The summed E-state index contributed by atoms with van der Waals surface area (Å²) in [5, 5.41) is 9.26. The van der Waals surface area contributed by atoms with Crippen molar-refractivity contribution in [2.45, 2.75) is 19.5 Å². The highest BCUT2D eigenvalue weighted by Gasteiger charge is 2.22. The van der Waals surface area contributed by atoms with Crippen LogP contribution in [0.2, 0.25) is 5.02 Å². The van der Waals surface area contributed by atoms with Gasteiger partial charge in [0.2, 0.25) is 0 Å². The molecule has 1 amide bonds. The van der Waals surface area contributed by atoms with Crippen molar-refractivity contribution < 1.29 is 4.79 Å². The molecule has 0 saturated carbocycles. The molecule has 0 fully saturated rings. The summed E-state index contributed by atoms with van der Waals surface area (Å²) in [5.41, 5.74) is 3.80. The van der Waals surface area contributed by atoms with E-state index in [0.717, 1.165) is 42.0 Å². The number of aromatic nitrogens is 2. The van der Waals surface area contributed by atoms with E-state index in [4.69, 9.17) is 16.7 Å². The number of halogens is 1. The molecule has 6 heteroatoms. The molecule has 0 saturated heterocycles. The third-order valence-electron chi connectivity index (χ3n) is 4.21. The predicted molar refractivity (Wildman–Crippen MR) is 96.3 cm³/mol. The van der Waals surface area contributed by atoms with Crippen molar-refractivity contribution in [2.24, 2.45) is 0 Å². The van der Waals surface area contributed by atoms with Crippen molar-refractivity contribution in [3.63, 3.8) is 0 Å². The minimum Gasteiger partial charge on any atom is -0.333 e. The molecule has 0 spiro atoms. The fraction of sp³-hybridized carbons (Fsp3) is 0.222. The molecule has 0 aliphatic carbocycles. The highest BCUT2D eigenvalue weighted by molar-refractivity contribution is 7.08. The van der Waals surface area contributed by atoms with Gasteiger partial charge in [-0.05, 0) is 36.1 Å². The molecule has 122 valence electrons. The highest BCUT2D eigenvalue weighted by Crippen LogP contribution is 2.24. The minimum atomic E-state index is 0.0962. The molecule has 3 heterocycles. The average molecular weight is 358 g/mol. The third kappa shape index (κ3) is 2.97. The normalized spacial score (nSPS) is 14.3. The first kappa shape index (κ1) is 15.4. The zero-order valence-corrected chi connectivity index (χ0v) is 14.6. The molecule has 0 N–H and O–H groups in total. The summed E-state index contributed by atoms with van der Waals surface area (Å²) in [6, 6.07) is 11.6. The van der Waals surface area contributed by atoms with Crippen LogP contribution in [0, 0.1) is 0 Å². The highest BCUT2D eigenvalue weighted by atomic mass is 35.5. The van der Waals surface area contributed by atoms with Gasteiger partial charge in [0.15, 0.2) is 0 Å². The van der Waals surface area contributed by atoms with Gasteiger partial charge < -0.3 is 4.90 Å². The van der Waals surface area contributed by atoms with E-state index in [-0.39, 0.29) is 5.91 Å². The fourth-order valence-corrected chi connectivity index (χ4v) is 3.72. The van der Waals surface area contributed by atoms with E-state index in [1.54, 1.807) is 11.3 Å². The van der Waals surface area contributed by atoms with Crippen LogP contribution in [0.25, 0.3) is 11.3 Å². The van der Waals surface area contributed by atoms with Gasteiger partial charge in [0, 0.05) is 29.1 Å². The third-order valence-corrected chi connectivity index (χ3v) is 5.14. The monoisotopic (exact) mass is 357 g/mol. The summed E-state index contributed by atoms with van der Waals surface area (Å²) in [6.45, 7) is 2.18. The number of carbonyl (C=O) groups excluding carboxylic acids is 1. The molecule has 1 aromatic carbocycles. The first-order valence-corrected chi connectivity index (χ1v) is 9.17. The molecule has 1 aliphatic rings. The molecule has 1 aliphatic heterocycles. The lowest BCUT2D eigenvalue weighted by Gasteiger charge is -2.19. The molecule has 4 nitrogen and oxygen atoms in total. The topological polar surface area (TPSA) is 38.1 Å². The van der Waals surface area contributed by atoms with Crippen LogP contribution < -0.4 is 0 Å². The van der Waals surface area contributed by atoms with Crippen molar-refractivity contribution in [1.29, 1.82) is 0 Å². The number of nitrogens with zero attached hydrogens (tertiary/aromatic N) is 3. The van der Waals surface area contributed by atoms with Gasteiger partial charge in [-0.25, -0.2) is 0 Å². The number of amides is 1. The number of fused-ring (bicyclic) bond motifs is 1. The van der Waals surface area contributed by atoms with Crippen molar-refractivity contribution >= 4 is 28.8 Å². The van der Waals surface area contributed by atoms with Crippen molar-refractivity contribution in [3.8, 4) is 11.3 Å². The van der Waals surface area contributed by atoms with Crippen LogP contribution in [0.4, 0.5) is 0 Å². The van der Waals surface area contributed by atoms with Crippen LogP contribution in [0.1, 0.15) is 22.5 Å². The molecule has 0 atom stereocenters. The van der Waals surface area contributed by atoms with Gasteiger partial charge in [-0.15, -0.1) is 0 Å². The standard InChI is InChI=1S/C18H16ClN3OS/c19-15-4-2-13(3-5-15)17-10-16-11-21(7-1-8-22(16)20-17)18(23)14-6-9-24-12-14/h2-6,9-10,12H,1,7-8,11H2. The summed E-state index contributed by atoms with van der Waals surface area (Å²) >= 11 is 7.51. The molecular weight excluding hydrogens is 342 g/mol. The van der Waals surface area contributed by atoms with E-state index in [9.17, 15) is 4.79 Å². The van der Waals surface area contributed by atoms with E-state index < -0.39 is 0 Å². The maximum atomic E-state index is 12.6. The van der Waals surface area contributed by atoms with Crippen LogP contribution in [0.5, 0.6) is 0 Å². The summed E-state index contributed by atoms with van der Waals surface area (Å²) in [6.07, 6.45) is 0.907. The Kier molecular flexibility index (Phi) is 4.12. The van der Waals surface area contributed by atoms with E-state index in [2.05, 4.69) is 6.07 Å². The number of hydrogen-bond donors (Lipinski definition) is 0. The number of hydrogen-bond acceptors (Lipinski definition) is 3. The Bertz CT molecular complexity index is 855. The average Bonchev–Trinajstić information content (AvgIpc) is 3.21. The smallest absolute Gasteiger partial charge is 0.255 e. The van der Waals surface area contributed by atoms with E-state index in [0.29, 0.717) is 11.6 Å². The lowest BCUT2D eigenvalue weighted by Crippen LogP contribution is -2.30. The van der Waals surface area contributed by atoms with Crippen molar-refractivity contribution in [1.82, 2.24) is 14.7 Å². The molecule has 0 unspecified atom stereocenters. The van der Waals surface area contributed by atoms with Gasteiger partial charge >= 0.3 is 0 Å². The fourth-order valence-electron chi connectivity index (χ4n) is 2.97. The van der Waals surface area contributed by atoms with Crippen molar-refractivity contribution in [3.05, 3.63) is 63.4 Å². The Morgan fingerprint density at radius 2 is 2.00 bits per heavy atom. The molecule has 24 heavy (non-hydrogen) atoms. The van der Waals surface area contributed by atoms with Crippen LogP contribution >= 0.6 is 22.9 Å². The van der Waals surface area contributed by atoms with Crippen LogP contribution in [-0.4, -0.2) is 27.1 Å². The Morgan fingerprint density at radius 3 is 2.75 bits per heavy atom. The Morgan fingerprint density at radius 1 is 1.17 bits per heavy atom. The maximum absolute atomic E-state index is 12.6. The molecule has 2 aromatic heterocycles. The Hall–Kier alpha value is -2.11.